The number of ether oxygens (including phenoxy) is 2. The van der Waals surface area contributed by atoms with Gasteiger partial charge in [0.25, 0.3) is 11.8 Å². The SMILES string of the molecule is COc1ccc(C(=O)NC(=S)Nc2ccc(NC(=O)c3cccc(C)c3)cc2)cc1OC. The van der Waals surface area contributed by atoms with Crippen molar-refractivity contribution in [2.75, 3.05) is 24.9 Å². The van der Waals surface area contributed by atoms with Crippen LogP contribution in [0.1, 0.15) is 26.3 Å². The Kier molecular flexibility index (Phi) is 7.41. The normalized spacial score (nSPS) is 10.1. The topological polar surface area (TPSA) is 88.7 Å². The third kappa shape index (κ3) is 5.83. The van der Waals surface area contributed by atoms with E-state index in [1.165, 1.54) is 14.2 Å². The van der Waals surface area contributed by atoms with Crippen LogP contribution in [0.15, 0.2) is 66.7 Å². The molecule has 0 saturated heterocycles. The molecule has 0 radical (unpaired) electrons. The van der Waals surface area contributed by atoms with Crippen molar-refractivity contribution in [2.45, 2.75) is 6.92 Å². The van der Waals surface area contributed by atoms with Crippen molar-refractivity contribution < 1.29 is 19.1 Å². The summed E-state index contributed by atoms with van der Waals surface area (Å²) in [5.41, 5.74) is 3.28. The van der Waals surface area contributed by atoms with E-state index in [2.05, 4.69) is 16.0 Å². The highest BCUT2D eigenvalue weighted by molar-refractivity contribution is 7.80. The van der Waals surface area contributed by atoms with Gasteiger partial charge < -0.3 is 20.1 Å². The molecule has 0 atom stereocenters. The van der Waals surface area contributed by atoms with Gasteiger partial charge in [-0.25, -0.2) is 0 Å². The average Bonchev–Trinajstić information content (AvgIpc) is 2.79. The fourth-order valence-corrected chi connectivity index (χ4v) is 3.15. The molecule has 8 heteroatoms. The van der Waals surface area contributed by atoms with Crippen molar-refractivity contribution in [1.29, 1.82) is 0 Å². The maximum Gasteiger partial charge on any atom is 0.257 e. The van der Waals surface area contributed by atoms with Crippen molar-refractivity contribution in [3.05, 3.63) is 83.4 Å². The molecule has 0 aliphatic heterocycles. The van der Waals surface area contributed by atoms with Gasteiger partial charge in [0.2, 0.25) is 0 Å². The van der Waals surface area contributed by atoms with Crippen LogP contribution in [-0.2, 0) is 0 Å². The fraction of sp³-hybridized carbons (Fsp3) is 0.125. The van der Waals surface area contributed by atoms with E-state index in [9.17, 15) is 9.59 Å². The van der Waals surface area contributed by atoms with E-state index in [1.54, 1.807) is 48.5 Å². The molecule has 164 valence electrons. The van der Waals surface area contributed by atoms with Crippen LogP contribution in [0, 0.1) is 6.92 Å². The van der Waals surface area contributed by atoms with Gasteiger partial charge in [-0.2, -0.15) is 0 Å². The van der Waals surface area contributed by atoms with Gasteiger partial charge in [-0.3, -0.25) is 14.9 Å². The number of rotatable bonds is 6. The van der Waals surface area contributed by atoms with Crippen LogP contribution < -0.4 is 25.4 Å². The second-order valence-electron chi connectivity index (χ2n) is 6.88. The molecule has 0 unspecified atom stereocenters. The highest BCUT2D eigenvalue weighted by Gasteiger charge is 2.12. The minimum Gasteiger partial charge on any atom is -0.493 e. The quantitative estimate of drug-likeness (QED) is 0.484. The largest absolute Gasteiger partial charge is 0.493 e. The number of hydrogen-bond acceptors (Lipinski definition) is 5. The van der Waals surface area contributed by atoms with E-state index in [0.29, 0.717) is 34.0 Å². The van der Waals surface area contributed by atoms with E-state index < -0.39 is 0 Å². The van der Waals surface area contributed by atoms with E-state index in [1.807, 2.05) is 25.1 Å². The molecule has 3 aromatic carbocycles. The Morgan fingerprint density at radius 2 is 1.38 bits per heavy atom. The summed E-state index contributed by atoms with van der Waals surface area (Å²) in [5.74, 6) is 0.402. The molecular formula is C24H23N3O4S. The second-order valence-corrected chi connectivity index (χ2v) is 7.29. The zero-order valence-corrected chi connectivity index (χ0v) is 18.7. The Balaban J connectivity index is 1.57. The highest BCUT2D eigenvalue weighted by Crippen LogP contribution is 2.27. The predicted molar refractivity (Wildman–Crippen MR) is 129 cm³/mol. The fourth-order valence-electron chi connectivity index (χ4n) is 2.94. The Labute approximate surface area is 191 Å². The molecule has 0 spiro atoms. The van der Waals surface area contributed by atoms with Crippen LogP contribution in [0.25, 0.3) is 0 Å². The number of amides is 2. The van der Waals surface area contributed by atoms with Crippen molar-refractivity contribution in [3.63, 3.8) is 0 Å². The first kappa shape index (κ1) is 22.8. The molecule has 3 rings (SSSR count). The summed E-state index contributed by atoms with van der Waals surface area (Å²) in [4.78, 5) is 24.8. The monoisotopic (exact) mass is 449 g/mol. The zero-order chi connectivity index (χ0) is 23.1. The average molecular weight is 450 g/mol. The molecule has 0 bridgehead atoms. The van der Waals surface area contributed by atoms with Gasteiger partial charge in [0, 0.05) is 22.5 Å². The van der Waals surface area contributed by atoms with Crippen LogP contribution in [0.5, 0.6) is 11.5 Å². The van der Waals surface area contributed by atoms with Crippen LogP contribution in [0.2, 0.25) is 0 Å². The first-order valence-electron chi connectivity index (χ1n) is 9.72. The van der Waals surface area contributed by atoms with Crippen molar-refractivity contribution in [3.8, 4) is 11.5 Å². The summed E-state index contributed by atoms with van der Waals surface area (Å²) in [7, 11) is 3.02. The molecule has 7 nitrogen and oxygen atoms in total. The molecule has 0 aliphatic rings. The number of thiocarbonyl (C=S) groups is 1. The van der Waals surface area contributed by atoms with Crippen LogP contribution in [-0.4, -0.2) is 31.1 Å². The summed E-state index contributed by atoms with van der Waals surface area (Å²) < 4.78 is 10.4. The molecule has 3 aromatic rings. The van der Waals surface area contributed by atoms with Crippen LogP contribution in [0.3, 0.4) is 0 Å². The van der Waals surface area contributed by atoms with E-state index >= 15 is 0 Å². The maximum atomic E-state index is 12.5. The molecule has 32 heavy (non-hydrogen) atoms. The van der Waals surface area contributed by atoms with E-state index in [-0.39, 0.29) is 16.9 Å². The van der Waals surface area contributed by atoms with Gasteiger partial charge in [0.05, 0.1) is 14.2 Å². The molecule has 2 amide bonds. The number of hydrogen-bond donors (Lipinski definition) is 3. The van der Waals surface area contributed by atoms with Crippen LogP contribution >= 0.6 is 12.2 Å². The third-order valence-corrected chi connectivity index (χ3v) is 4.76. The standard InChI is InChI=1S/C24H23N3O4S/c1-15-5-4-6-16(13-15)22(28)25-18-8-10-19(11-9-18)26-24(32)27-23(29)17-7-12-20(30-2)21(14-17)31-3/h4-14H,1-3H3,(H,25,28)(H2,26,27,29,32). The molecule has 0 aliphatic carbocycles. The molecular weight excluding hydrogens is 426 g/mol. The van der Waals surface area contributed by atoms with Crippen molar-refractivity contribution in [2.24, 2.45) is 0 Å². The molecule has 0 saturated carbocycles. The van der Waals surface area contributed by atoms with Gasteiger partial charge in [-0.15, -0.1) is 0 Å². The second kappa shape index (κ2) is 10.4. The summed E-state index contributed by atoms with van der Waals surface area (Å²) in [6, 6.07) is 19.2. The lowest BCUT2D eigenvalue weighted by molar-refractivity contribution is 0.0976. The smallest absolute Gasteiger partial charge is 0.257 e. The number of nitrogens with one attached hydrogen (secondary N) is 3. The van der Waals surface area contributed by atoms with Gasteiger partial charge >= 0.3 is 0 Å². The van der Waals surface area contributed by atoms with Gasteiger partial charge in [-0.1, -0.05) is 17.7 Å². The Morgan fingerprint density at radius 3 is 2.00 bits per heavy atom. The first-order chi connectivity index (χ1) is 15.4. The van der Waals surface area contributed by atoms with Crippen LogP contribution in [0.4, 0.5) is 11.4 Å². The number of carbonyl (C=O) groups is 2. The molecule has 0 fully saturated rings. The first-order valence-corrected chi connectivity index (χ1v) is 10.1. The van der Waals surface area contributed by atoms with Crippen molar-refractivity contribution in [1.82, 2.24) is 5.32 Å². The number of benzene rings is 3. The summed E-state index contributed by atoms with van der Waals surface area (Å²) in [6.07, 6.45) is 0. The van der Waals surface area contributed by atoms with Gasteiger partial charge in [0.1, 0.15) is 0 Å². The van der Waals surface area contributed by atoms with E-state index in [0.717, 1.165) is 5.56 Å². The lowest BCUT2D eigenvalue weighted by Gasteiger charge is -2.12. The zero-order valence-electron chi connectivity index (χ0n) is 17.9. The van der Waals surface area contributed by atoms with Crippen molar-refractivity contribution >= 4 is 40.5 Å². The minimum atomic E-state index is -0.384. The molecule has 3 N–H and O–H groups in total. The summed E-state index contributed by atoms with van der Waals surface area (Å²) in [6.45, 7) is 1.93. The number of anilines is 2. The van der Waals surface area contributed by atoms with Gasteiger partial charge in [-0.05, 0) is 73.7 Å². The number of carbonyl (C=O) groups excluding carboxylic acids is 2. The minimum absolute atomic E-state index is 0.140. The molecule has 0 aromatic heterocycles. The Hall–Kier alpha value is -3.91. The Morgan fingerprint density at radius 1 is 0.750 bits per heavy atom. The predicted octanol–water partition coefficient (Wildman–Crippen LogP) is 4.39. The summed E-state index contributed by atoms with van der Waals surface area (Å²) in [5, 5.41) is 8.56. The lowest BCUT2D eigenvalue weighted by Crippen LogP contribution is -2.34. The number of aryl methyl sites for hydroxylation is 1. The third-order valence-electron chi connectivity index (χ3n) is 4.55. The van der Waals surface area contributed by atoms with E-state index in [4.69, 9.17) is 21.7 Å². The lowest BCUT2D eigenvalue weighted by atomic mass is 10.1. The highest BCUT2D eigenvalue weighted by atomic mass is 32.1. The summed E-state index contributed by atoms with van der Waals surface area (Å²) >= 11 is 5.23. The molecule has 0 heterocycles. The van der Waals surface area contributed by atoms with Gasteiger partial charge in [0.15, 0.2) is 16.6 Å². The Bertz CT molecular complexity index is 1150. The number of methoxy groups -OCH3 is 2. The maximum absolute atomic E-state index is 12.5.